The van der Waals surface area contributed by atoms with Gasteiger partial charge in [-0.25, -0.2) is 4.39 Å². The zero-order valence-corrected chi connectivity index (χ0v) is 22.9. The highest BCUT2D eigenvalue weighted by molar-refractivity contribution is 7.98. The van der Waals surface area contributed by atoms with E-state index < -0.39 is 24.9 Å². The predicted octanol–water partition coefficient (Wildman–Crippen LogP) is 5.64. The monoisotopic (exact) mass is 566 g/mol. The van der Waals surface area contributed by atoms with Gasteiger partial charge >= 0.3 is 6.18 Å². The van der Waals surface area contributed by atoms with Gasteiger partial charge in [-0.15, -0.1) is 11.8 Å². The summed E-state index contributed by atoms with van der Waals surface area (Å²) in [5.41, 5.74) is 7.81. The van der Waals surface area contributed by atoms with Crippen molar-refractivity contribution in [2.24, 2.45) is 5.73 Å². The van der Waals surface area contributed by atoms with Crippen LogP contribution >= 0.6 is 11.8 Å². The van der Waals surface area contributed by atoms with E-state index in [2.05, 4.69) is 22.5 Å². The number of aliphatic hydroxyl groups is 1. The van der Waals surface area contributed by atoms with E-state index in [4.69, 9.17) is 15.6 Å². The van der Waals surface area contributed by atoms with Gasteiger partial charge in [0, 0.05) is 29.1 Å². The average Bonchev–Trinajstić information content (AvgIpc) is 3.26. The lowest BCUT2D eigenvalue weighted by Gasteiger charge is -2.31. The molecule has 4 rings (SSSR count). The van der Waals surface area contributed by atoms with Crippen molar-refractivity contribution in [3.63, 3.8) is 0 Å². The fourth-order valence-electron chi connectivity index (χ4n) is 4.59. The number of alkyl halides is 4. The van der Waals surface area contributed by atoms with Crippen molar-refractivity contribution >= 4 is 34.0 Å². The van der Waals surface area contributed by atoms with E-state index in [0.717, 1.165) is 22.3 Å². The molecule has 0 aliphatic heterocycles. The van der Waals surface area contributed by atoms with E-state index in [1.54, 1.807) is 43.1 Å². The van der Waals surface area contributed by atoms with Crippen molar-refractivity contribution in [3.05, 3.63) is 48.2 Å². The number of nitrogens with two attached hydrogens (primary N) is 1. The minimum absolute atomic E-state index is 0.171. The summed E-state index contributed by atoms with van der Waals surface area (Å²) >= 11 is 1.59. The number of aromatic nitrogens is 1. The lowest BCUT2D eigenvalue weighted by Crippen LogP contribution is -2.41. The number of aliphatic hydroxyl groups excluding tert-OH is 1. The van der Waals surface area contributed by atoms with Gasteiger partial charge < -0.3 is 30.8 Å². The minimum Gasteiger partial charge on any atom is -0.495 e. The van der Waals surface area contributed by atoms with E-state index in [9.17, 15) is 17.6 Å². The number of hydrogen-bond acceptors (Lipinski definition) is 6. The SMILES string of the molecule is CO.COc1cc(SC)ccc1NCC#Cc1cc2c(NC3CCC(N)CC3F)cccc2n1CC(F)(F)F. The summed E-state index contributed by atoms with van der Waals surface area (Å²) in [6, 6.07) is 11.8. The first-order valence-corrected chi connectivity index (χ1v) is 13.7. The first kappa shape index (κ1) is 30.5. The van der Waals surface area contributed by atoms with Gasteiger partial charge in [-0.2, -0.15) is 13.2 Å². The molecule has 0 bridgehead atoms. The van der Waals surface area contributed by atoms with Crippen molar-refractivity contribution in [1.29, 1.82) is 0 Å². The number of benzene rings is 2. The molecule has 1 fully saturated rings. The van der Waals surface area contributed by atoms with Crippen LogP contribution in [0.3, 0.4) is 0 Å². The fraction of sp³-hybridized carbons (Fsp3) is 0.429. The summed E-state index contributed by atoms with van der Waals surface area (Å²) in [4.78, 5) is 1.05. The van der Waals surface area contributed by atoms with Crippen LogP contribution in [0.1, 0.15) is 25.0 Å². The third-order valence-electron chi connectivity index (χ3n) is 6.43. The molecule has 5 N–H and O–H groups in total. The molecule has 1 aliphatic rings. The molecule has 3 aromatic rings. The molecule has 3 unspecified atom stereocenters. The Morgan fingerprint density at radius 2 is 1.92 bits per heavy atom. The molecule has 2 aromatic carbocycles. The first-order valence-electron chi connectivity index (χ1n) is 12.4. The Morgan fingerprint density at radius 1 is 1.15 bits per heavy atom. The molecule has 1 saturated carbocycles. The largest absolute Gasteiger partial charge is 0.495 e. The Kier molecular flexibility index (Phi) is 10.8. The van der Waals surface area contributed by atoms with Gasteiger partial charge in [0.25, 0.3) is 0 Å². The summed E-state index contributed by atoms with van der Waals surface area (Å²) < 4.78 is 61.6. The van der Waals surface area contributed by atoms with Gasteiger partial charge in [-0.05, 0) is 67.8 Å². The molecule has 39 heavy (non-hydrogen) atoms. The Labute approximate surface area is 230 Å². The van der Waals surface area contributed by atoms with Crippen molar-refractivity contribution in [2.45, 2.75) is 55.1 Å². The maximum absolute atomic E-state index is 14.6. The van der Waals surface area contributed by atoms with Crippen molar-refractivity contribution in [1.82, 2.24) is 4.57 Å². The summed E-state index contributed by atoms with van der Waals surface area (Å²) in [5, 5.41) is 13.9. The highest BCUT2D eigenvalue weighted by Gasteiger charge is 2.31. The number of halogens is 4. The van der Waals surface area contributed by atoms with Crippen LogP contribution in [0.25, 0.3) is 10.9 Å². The first-order chi connectivity index (χ1) is 18.7. The minimum atomic E-state index is -4.43. The maximum atomic E-state index is 14.6. The normalized spacial score (nSPS) is 18.9. The maximum Gasteiger partial charge on any atom is 0.406 e. The molecule has 0 amide bonds. The molecule has 1 aromatic heterocycles. The van der Waals surface area contributed by atoms with E-state index in [1.165, 1.54) is 0 Å². The van der Waals surface area contributed by atoms with Crippen LogP contribution in [0.4, 0.5) is 28.9 Å². The third-order valence-corrected chi connectivity index (χ3v) is 7.15. The van der Waals surface area contributed by atoms with Gasteiger partial charge in [0.1, 0.15) is 18.5 Å². The number of fused-ring (bicyclic) bond motifs is 1. The van der Waals surface area contributed by atoms with E-state index >= 15 is 0 Å². The highest BCUT2D eigenvalue weighted by atomic mass is 32.2. The molecular formula is C28H34F4N4O2S. The van der Waals surface area contributed by atoms with Crippen LogP contribution < -0.4 is 21.1 Å². The number of thioether (sulfide) groups is 1. The van der Waals surface area contributed by atoms with Crippen molar-refractivity contribution < 1.29 is 27.4 Å². The van der Waals surface area contributed by atoms with E-state index in [0.29, 0.717) is 35.2 Å². The lowest BCUT2D eigenvalue weighted by atomic mass is 9.90. The molecule has 6 nitrogen and oxygen atoms in total. The Bertz CT molecular complexity index is 1300. The molecule has 11 heteroatoms. The summed E-state index contributed by atoms with van der Waals surface area (Å²) in [5.74, 6) is 6.47. The highest BCUT2D eigenvalue weighted by Crippen LogP contribution is 2.33. The number of hydrogen-bond donors (Lipinski definition) is 4. The second-order valence-corrected chi connectivity index (χ2v) is 9.91. The van der Waals surface area contributed by atoms with Crippen LogP contribution in [0.15, 0.2) is 47.4 Å². The Balaban J connectivity index is 0.00000205. The number of ether oxygens (including phenoxy) is 1. The zero-order chi connectivity index (χ0) is 28.6. The third kappa shape index (κ3) is 7.97. The quantitative estimate of drug-likeness (QED) is 0.168. The molecule has 1 aliphatic carbocycles. The second-order valence-electron chi connectivity index (χ2n) is 9.03. The number of nitrogens with zero attached hydrogens (tertiary/aromatic N) is 1. The fourth-order valence-corrected chi connectivity index (χ4v) is 5.02. The average molecular weight is 567 g/mol. The van der Waals surface area contributed by atoms with Gasteiger partial charge in [0.2, 0.25) is 0 Å². The van der Waals surface area contributed by atoms with Crippen LogP contribution in [0.2, 0.25) is 0 Å². The number of anilines is 2. The van der Waals surface area contributed by atoms with Crippen LogP contribution in [-0.4, -0.2) is 61.1 Å². The predicted molar refractivity (Wildman–Crippen MR) is 150 cm³/mol. The topological polar surface area (TPSA) is 84.5 Å². The molecule has 0 radical (unpaired) electrons. The van der Waals surface area contributed by atoms with Crippen molar-refractivity contribution in [3.8, 4) is 17.6 Å². The van der Waals surface area contributed by atoms with E-state index in [1.807, 2.05) is 24.5 Å². The summed E-state index contributed by atoms with van der Waals surface area (Å²) in [7, 11) is 2.57. The van der Waals surface area contributed by atoms with Gasteiger partial charge in [0.15, 0.2) is 0 Å². The standard InChI is InChI=1S/C27H30F4N4OS.CH4O/c1-36-26-15-19(37-2)9-11-24(26)33-12-4-5-18-14-20-22(34-23-10-8-17(32)13-21(23)28)6-3-7-25(20)35(18)16-27(29,30)31;1-2/h3,6-7,9,11,14-15,17,21,23,33-34H,8,10,12-13,16,32H2,1-2H3;2H,1H3. The van der Waals surface area contributed by atoms with Crippen LogP contribution in [0, 0.1) is 11.8 Å². The van der Waals surface area contributed by atoms with Crippen LogP contribution in [-0.2, 0) is 6.54 Å². The van der Waals surface area contributed by atoms with Gasteiger partial charge in [-0.1, -0.05) is 12.0 Å². The molecule has 0 saturated heterocycles. The van der Waals surface area contributed by atoms with Crippen molar-refractivity contribution in [2.75, 3.05) is 37.7 Å². The molecule has 1 heterocycles. The summed E-state index contributed by atoms with van der Waals surface area (Å²) in [6.07, 6.45) is -2.07. The van der Waals surface area contributed by atoms with Crippen LogP contribution in [0.5, 0.6) is 5.75 Å². The Morgan fingerprint density at radius 3 is 2.59 bits per heavy atom. The smallest absolute Gasteiger partial charge is 0.406 e. The second kappa shape index (κ2) is 13.8. The lowest BCUT2D eigenvalue weighted by molar-refractivity contribution is -0.140. The summed E-state index contributed by atoms with van der Waals surface area (Å²) in [6.45, 7) is -0.967. The molecule has 0 spiro atoms. The zero-order valence-electron chi connectivity index (χ0n) is 22.1. The molecular weight excluding hydrogens is 532 g/mol. The number of nitrogens with one attached hydrogen (secondary N) is 2. The van der Waals surface area contributed by atoms with Gasteiger partial charge in [-0.3, -0.25) is 0 Å². The number of methoxy groups -OCH3 is 1. The molecule has 212 valence electrons. The van der Waals surface area contributed by atoms with E-state index in [-0.39, 0.29) is 24.7 Å². The Hall–Kier alpha value is -3.07. The molecule has 3 atom stereocenters. The number of rotatable bonds is 7. The van der Waals surface area contributed by atoms with Gasteiger partial charge in [0.05, 0.1) is 36.6 Å².